The number of fused-ring (bicyclic) bond motifs is 1. The van der Waals surface area contributed by atoms with Crippen molar-refractivity contribution in [1.82, 2.24) is 0 Å². The van der Waals surface area contributed by atoms with E-state index < -0.39 is 0 Å². The van der Waals surface area contributed by atoms with Gasteiger partial charge in [-0.3, -0.25) is 0 Å². The fourth-order valence-electron chi connectivity index (χ4n) is 1.83. The zero-order chi connectivity index (χ0) is 11.7. The zero-order valence-corrected chi connectivity index (χ0v) is 9.10. The van der Waals surface area contributed by atoms with Crippen LogP contribution in [0.2, 0.25) is 0 Å². The van der Waals surface area contributed by atoms with Gasteiger partial charge in [0.25, 0.3) is 0 Å². The molecule has 0 saturated carbocycles. The number of carbonyl (C=O) groups is 1. The molecule has 0 saturated heterocycles. The second-order valence-electron chi connectivity index (χ2n) is 3.88. The van der Waals surface area contributed by atoms with Crippen LogP contribution in [0, 0.1) is 0 Å². The number of cyclic esters (lactones) is 1. The molecule has 0 unspecified atom stereocenters. The van der Waals surface area contributed by atoms with Gasteiger partial charge in [0, 0.05) is 11.3 Å². The van der Waals surface area contributed by atoms with Crippen molar-refractivity contribution in [1.29, 1.82) is 0 Å². The van der Waals surface area contributed by atoms with Crippen LogP contribution in [0.15, 0.2) is 41.0 Å². The van der Waals surface area contributed by atoms with E-state index in [1.54, 1.807) is 6.26 Å². The molecule has 2 aromatic rings. The smallest absolute Gasteiger partial charge is 0.338 e. The molecule has 86 valence electrons. The Balaban J connectivity index is 1.76. The lowest BCUT2D eigenvalue weighted by Crippen LogP contribution is -2.00. The fraction of sp³-hybridized carbons (Fsp3) is 0.154. The molecule has 0 radical (unpaired) electrons. The average Bonchev–Trinajstić information content (AvgIpc) is 2.97. The highest BCUT2D eigenvalue weighted by Gasteiger charge is 2.20. The van der Waals surface area contributed by atoms with E-state index in [0.717, 1.165) is 17.0 Å². The molecule has 17 heavy (non-hydrogen) atoms. The summed E-state index contributed by atoms with van der Waals surface area (Å²) in [6.45, 7) is 0.980. The lowest BCUT2D eigenvalue weighted by atomic mass is 10.1. The number of anilines is 1. The first-order chi connectivity index (χ1) is 8.33. The van der Waals surface area contributed by atoms with Gasteiger partial charge >= 0.3 is 5.97 Å². The quantitative estimate of drug-likeness (QED) is 0.822. The van der Waals surface area contributed by atoms with E-state index in [1.807, 2.05) is 30.3 Å². The first-order valence-electron chi connectivity index (χ1n) is 5.39. The third-order valence-electron chi connectivity index (χ3n) is 2.74. The van der Waals surface area contributed by atoms with Crippen LogP contribution in [0.5, 0.6) is 0 Å². The molecular formula is C13H11NO3. The number of carbonyl (C=O) groups excluding carboxylic acids is 1. The molecule has 1 aliphatic heterocycles. The minimum absolute atomic E-state index is 0.248. The minimum atomic E-state index is -0.248. The maximum absolute atomic E-state index is 11.4. The van der Waals surface area contributed by atoms with Crippen molar-refractivity contribution in [2.75, 3.05) is 5.32 Å². The van der Waals surface area contributed by atoms with Crippen molar-refractivity contribution in [3.05, 3.63) is 53.5 Å². The van der Waals surface area contributed by atoms with E-state index >= 15 is 0 Å². The normalized spacial score (nSPS) is 13.3. The molecule has 3 rings (SSSR count). The summed E-state index contributed by atoms with van der Waals surface area (Å²) in [5.41, 5.74) is 2.48. The van der Waals surface area contributed by atoms with Crippen molar-refractivity contribution >= 4 is 11.7 Å². The molecule has 0 atom stereocenters. The van der Waals surface area contributed by atoms with Crippen molar-refractivity contribution in [2.24, 2.45) is 0 Å². The molecule has 0 fully saturated rings. The van der Waals surface area contributed by atoms with E-state index in [9.17, 15) is 4.79 Å². The van der Waals surface area contributed by atoms with Crippen LogP contribution in [0.25, 0.3) is 0 Å². The first-order valence-corrected chi connectivity index (χ1v) is 5.39. The van der Waals surface area contributed by atoms with Gasteiger partial charge in [-0.1, -0.05) is 6.07 Å². The Morgan fingerprint density at radius 2 is 2.24 bits per heavy atom. The Labute approximate surface area is 98.2 Å². The SMILES string of the molecule is O=C1OCc2ccc(NCc3ccco3)cc21. The number of hydrogen-bond donors (Lipinski definition) is 1. The van der Waals surface area contributed by atoms with E-state index in [4.69, 9.17) is 9.15 Å². The second-order valence-corrected chi connectivity index (χ2v) is 3.88. The average molecular weight is 229 g/mol. The minimum Gasteiger partial charge on any atom is -0.467 e. The van der Waals surface area contributed by atoms with Gasteiger partial charge in [-0.05, 0) is 24.3 Å². The molecule has 1 aliphatic rings. The molecule has 4 heteroatoms. The maximum atomic E-state index is 11.4. The second kappa shape index (κ2) is 3.97. The number of rotatable bonds is 3. The number of hydrogen-bond acceptors (Lipinski definition) is 4. The number of benzene rings is 1. The van der Waals surface area contributed by atoms with Crippen LogP contribution in [-0.4, -0.2) is 5.97 Å². The third-order valence-corrected chi connectivity index (χ3v) is 2.74. The number of nitrogens with one attached hydrogen (secondary N) is 1. The van der Waals surface area contributed by atoms with Crippen molar-refractivity contribution in [3.8, 4) is 0 Å². The summed E-state index contributed by atoms with van der Waals surface area (Å²) in [7, 11) is 0. The summed E-state index contributed by atoms with van der Waals surface area (Å²) in [5.74, 6) is 0.606. The summed E-state index contributed by atoms with van der Waals surface area (Å²) in [6, 6.07) is 9.40. The molecule has 4 nitrogen and oxygen atoms in total. The Hall–Kier alpha value is -2.23. The maximum Gasteiger partial charge on any atom is 0.338 e. The highest BCUT2D eigenvalue weighted by atomic mass is 16.5. The van der Waals surface area contributed by atoms with Gasteiger partial charge in [0.05, 0.1) is 18.4 Å². The number of furan rings is 1. The molecule has 0 amide bonds. The molecule has 0 spiro atoms. The van der Waals surface area contributed by atoms with Gasteiger partial charge in [0.1, 0.15) is 12.4 Å². The molecule has 0 bridgehead atoms. The Bertz CT molecular complexity index is 546. The highest BCUT2D eigenvalue weighted by Crippen LogP contribution is 2.23. The summed E-state index contributed by atoms with van der Waals surface area (Å²) < 4.78 is 10.2. The van der Waals surface area contributed by atoms with Gasteiger partial charge in [0.2, 0.25) is 0 Å². The molecule has 0 aliphatic carbocycles. The lowest BCUT2D eigenvalue weighted by Gasteiger charge is -2.05. The van der Waals surface area contributed by atoms with E-state index in [2.05, 4.69) is 5.32 Å². The van der Waals surface area contributed by atoms with E-state index in [1.165, 1.54) is 0 Å². The highest BCUT2D eigenvalue weighted by molar-refractivity contribution is 5.94. The van der Waals surface area contributed by atoms with Crippen LogP contribution in [0.3, 0.4) is 0 Å². The summed E-state index contributed by atoms with van der Waals surface area (Å²) >= 11 is 0. The molecular weight excluding hydrogens is 218 g/mol. The van der Waals surface area contributed by atoms with E-state index in [-0.39, 0.29) is 5.97 Å². The monoisotopic (exact) mass is 229 g/mol. The Morgan fingerprint density at radius 3 is 3.06 bits per heavy atom. The van der Waals surface area contributed by atoms with Crippen molar-refractivity contribution in [3.63, 3.8) is 0 Å². The first kappa shape index (κ1) is 9.96. The third kappa shape index (κ3) is 1.89. The molecule has 1 aromatic carbocycles. The predicted octanol–water partition coefficient (Wildman–Crippen LogP) is 2.56. The number of esters is 1. The van der Waals surface area contributed by atoms with Gasteiger partial charge in [-0.2, -0.15) is 0 Å². The summed E-state index contributed by atoms with van der Waals surface area (Å²) in [6.07, 6.45) is 1.64. The van der Waals surface area contributed by atoms with Crippen LogP contribution >= 0.6 is 0 Å². The van der Waals surface area contributed by atoms with Crippen LogP contribution in [0.4, 0.5) is 5.69 Å². The summed E-state index contributed by atoms with van der Waals surface area (Å²) in [5, 5.41) is 3.20. The number of ether oxygens (including phenoxy) is 1. The molecule has 1 N–H and O–H groups in total. The van der Waals surface area contributed by atoms with Crippen molar-refractivity contribution < 1.29 is 13.9 Å². The predicted molar refractivity (Wildman–Crippen MR) is 61.6 cm³/mol. The standard InChI is InChI=1S/C13H11NO3/c15-13-12-6-10(4-3-9(12)8-17-13)14-7-11-2-1-5-16-11/h1-6,14H,7-8H2. The van der Waals surface area contributed by atoms with Gasteiger partial charge in [-0.25, -0.2) is 4.79 Å². The van der Waals surface area contributed by atoms with Crippen LogP contribution in [0.1, 0.15) is 21.7 Å². The van der Waals surface area contributed by atoms with E-state index in [0.29, 0.717) is 18.7 Å². The van der Waals surface area contributed by atoms with Gasteiger partial charge in [0.15, 0.2) is 0 Å². The van der Waals surface area contributed by atoms with Crippen molar-refractivity contribution in [2.45, 2.75) is 13.2 Å². The van der Waals surface area contributed by atoms with Crippen LogP contribution in [-0.2, 0) is 17.9 Å². The lowest BCUT2D eigenvalue weighted by molar-refractivity contribution is 0.0535. The topological polar surface area (TPSA) is 51.5 Å². The molecule has 1 aromatic heterocycles. The van der Waals surface area contributed by atoms with Gasteiger partial charge < -0.3 is 14.5 Å². The Kier molecular flexibility index (Phi) is 2.33. The largest absolute Gasteiger partial charge is 0.467 e. The fourth-order valence-corrected chi connectivity index (χ4v) is 1.83. The van der Waals surface area contributed by atoms with Crippen LogP contribution < -0.4 is 5.32 Å². The molecule has 2 heterocycles. The zero-order valence-electron chi connectivity index (χ0n) is 9.10. The summed E-state index contributed by atoms with van der Waals surface area (Å²) in [4.78, 5) is 11.4. The Morgan fingerprint density at radius 1 is 1.29 bits per heavy atom. The van der Waals surface area contributed by atoms with Gasteiger partial charge in [-0.15, -0.1) is 0 Å².